The molecule has 0 aliphatic heterocycles. The van der Waals surface area contributed by atoms with Crippen LogP contribution in [0.25, 0.3) is 0 Å². The van der Waals surface area contributed by atoms with Gasteiger partial charge in [-0.15, -0.1) is 0 Å². The van der Waals surface area contributed by atoms with Crippen molar-refractivity contribution in [1.82, 2.24) is 9.97 Å². The van der Waals surface area contributed by atoms with Crippen LogP contribution >= 0.6 is 11.8 Å². The smallest absolute Gasteiger partial charge is 0.358 e. The van der Waals surface area contributed by atoms with E-state index in [4.69, 9.17) is 0 Å². The lowest BCUT2D eigenvalue weighted by Gasteiger charge is -2.01. The number of halogens is 1. The first kappa shape index (κ1) is 12.5. The topological polar surface area (TPSA) is 52.1 Å². The monoisotopic (exact) mass is 264 g/mol. The molecule has 0 saturated heterocycles. The molecule has 0 unspecified atom stereocenters. The number of benzene rings is 1. The summed E-state index contributed by atoms with van der Waals surface area (Å²) >= 11 is 1.33. The number of aromatic nitrogens is 2. The predicted octanol–water partition coefficient (Wildman–Crippen LogP) is 2.55. The van der Waals surface area contributed by atoms with Crippen molar-refractivity contribution in [3.63, 3.8) is 0 Å². The van der Waals surface area contributed by atoms with E-state index < -0.39 is 5.97 Å². The van der Waals surface area contributed by atoms with Crippen molar-refractivity contribution < 1.29 is 13.9 Å². The molecule has 2 rings (SSSR count). The zero-order chi connectivity index (χ0) is 13.0. The molecule has 1 aromatic heterocycles. The Hall–Kier alpha value is -1.95. The van der Waals surface area contributed by atoms with Gasteiger partial charge in [0, 0.05) is 4.90 Å². The fourth-order valence-electron chi connectivity index (χ4n) is 1.20. The van der Waals surface area contributed by atoms with Crippen molar-refractivity contribution in [2.75, 3.05) is 7.11 Å². The third kappa shape index (κ3) is 3.04. The van der Waals surface area contributed by atoms with Crippen LogP contribution in [0.5, 0.6) is 0 Å². The van der Waals surface area contributed by atoms with Gasteiger partial charge in [-0.3, -0.25) is 0 Å². The van der Waals surface area contributed by atoms with E-state index in [0.29, 0.717) is 5.03 Å². The molecule has 0 spiro atoms. The van der Waals surface area contributed by atoms with E-state index in [1.807, 2.05) is 0 Å². The van der Waals surface area contributed by atoms with Gasteiger partial charge in [0.25, 0.3) is 0 Å². The SMILES string of the molecule is COC(=O)c1cnc(Sc2ccc(F)cc2)cn1. The van der Waals surface area contributed by atoms with Crippen LogP contribution in [0.4, 0.5) is 4.39 Å². The summed E-state index contributed by atoms with van der Waals surface area (Å²) in [4.78, 5) is 20.0. The average molecular weight is 264 g/mol. The van der Waals surface area contributed by atoms with E-state index in [1.165, 1.54) is 43.4 Å². The molecule has 0 atom stereocenters. The Balaban J connectivity index is 2.10. The van der Waals surface area contributed by atoms with Gasteiger partial charge in [-0.05, 0) is 24.3 Å². The van der Waals surface area contributed by atoms with Gasteiger partial charge in [0.15, 0.2) is 5.69 Å². The second-order valence-electron chi connectivity index (χ2n) is 3.29. The van der Waals surface area contributed by atoms with Gasteiger partial charge in [0.1, 0.15) is 10.8 Å². The Morgan fingerprint density at radius 1 is 1.22 bits per heavy atom. The van der Waals surface area contributed by atoms with Crippen molar-refractivity contribution in [3.05, 3.63) is 48.2 Å². The summed E-state index contributed by atoms with van der Waals surface area (Å²) < 4.78 is 17.2. The number of hydrogen-bond acceptors (Lipinski definition) is 5. The van der Waals surface area contributed by atoms with Crippen molar-refractivity contribution in [1.29, 1.82) is 0 Å². The highest BCUT2D eigenvalue weighted by Crippen LogP contribution is 2.25. The van der Waals surface area contributed by atoms with Crippen LogP contribution in [0, 0.1) is 5.82 Å². The minimum absolute atomic E-state index is 0.154. The third-order valence-electron chi connectivity index (χ3n) is 2.06. The maximum Gasteiger partial charge on any atom is 0.358 e. The minimum Gasteiger partial charge on any atom is -0.464 e. The van der Waals surface area contributed by atoms with Crippen molar-refractivity contribution in [3.8, 4) is 0 Å². The molecule has 0 amide bonds. The maximum atomic E-state index is 12.7. The van der Waals surface area contributed by atoms with Crippen molar-refractivity contribution in [2.45, 2.75) is 9.92 Å². The van der Waals surface area contributed by atoms with E-state index in [-0.39, 0.29) is 11.5 Å². The van der Waals surface area contributed by atoms with Crippen LogP contribution in [0.3, 0.4) is 0 Å². The first-order chi connectivity index (χ1) is 8.69. The number of carbonyl (C=O) groups excluding carboxylic acids is 1. The lowest BCUT2D eigenvalue weighted by atomic mass is 10.4. The van der Waals surface area contributed by atoms with Gasteiger partial charge in [-0.25, -0.2) is 19.2 Å². The Morgan fingerprint density at radius 3 is 2.50 bits per heavy atom. The van der Waals surface area contributed by atoms with Gasteiger partial charge < -0.3 is 4.74 Å². The molecular weight excluding hydrogens is 255 g/mol. The Bertz CT molecular complexity index is 543. The van der Waals surface area contributed by atoms with E-state index in [2.05, 4.69) is 14.7 Å². The number of esters is 1. The summed E-state index contributed by atoms with van der Waals surface area (Å²) in [5.41, 5.74) is 0.154. The highest BCUT2D eigenvalue weighted by molar-refractivity contribution is 7.99. The summed E-state index contributed by atoms with van der Waals surface area (Å²) in [6, 6.07) is 6.04. The highest BCUT2D eigenvalue weighted by Gasteiger charge is 2.07. The normalized spacial score (nSPS) is 10.1. The minimum atomic E-state index is -0.527. The summed E-state index contributed by atoms with van der Waals surface area (Å²) in [7, 11) is 1.28. The lowest BCUT2D eigenvalue weighted by molar-refractivity contribution is 0.0593. The Morgan fingerprint density at radius 2 is 1.94 bits per heavy atom. The molecule has 0 bridgehead atoms. The lowest BCUT2D eigenvalue weighted by Crippen LogP contribution is -2.04. The summed E-state index contributed by atoms with van der Waals surface area (Å²) in [5.74, 6) is -0.813. The zero-order valence-corrected chi connectivity index (χ0v) is 10.3. The molecule has 1 aromatic carbocycles. The third-order valence-corrected chi connectivity index (χ3v) is 2.99. The molecule has 1 heterocycles. The molecule has 0 aliphatic rings. The standard InChI is InChI=1S/C12H9FN2O2S/c1-17-12(16)10-6-15-11(7-14-10)18-9-4-2-8(13)3-5-9/h2-7H,1H3. The fraction of sp³-hybridized carbons (Fsp3) is 0.0833. The fourth-order valence-corrected chi connectivity index (χ4v) is 1.93. The van der Waals surface area contributed by atoms with E-state index >= 15 is 0 Å². The molecule has 0 radical (unpaired) electrons. The largest absolute Gasteiger partial charge is 0.464 e. The summed E-state index contributed by atoms with van der Waals surface area (Å²) in [6.45, 7) is 0. The van der Waals surface area contributed by atoms with E-state index in [1.54, 1.807) is 12.1 Å². The van der Waals surface area contributed by atoms with Gasteiger partial charge in [0.05, 0.1) is 19.5 Å². The number of carbonyl (C=O) groups is 1. The van der Waals surface area contributed by atoms with Crippen molar-refractivity contribution in [2.24, 2.45) is 0 Å². The summed E-state index contributed by atoms with van der Waals surface area (Å²) in [5, 5.41) is 0.620. The first-order valence-electron chi connectivity index (χ1n) is 5.03. The van der Waals surface area contributed by atoms with Crippen LogP contribution in [0.15, 0.2) is 46.6 Å². The molecule has 92 valence electrons. The molecule has 0 saturated carbocycles. The molecule has 2 aromatic rings. The summed E-state index contributed by atoms with van der Waals surface area (Å²) in [6.07, 6.45) is 2.82. The van der Waals surface area contributed by atoms with Crippen LogP contribution < -0.4 is 0 Å². The zero-order valence-electron chi connectivity index (χ0n) is 9.46. The van der Waals surface area contributed by atoms with Crippen LogP contribution in [0.1, 0.15) is 10.5 Å². The van der Waals surface area contributed by atoms with E-state index in [0.717, 1.165) is 4.90 Å². The number of rotatable bonds is 3. The molecular formula is C12H9FN2O2S. The van der Waals surface area contributed by atoms with Gasteiger partial charge in [-0.2, -0.15) is 0 Å². The van der Waals surface area contributed by atoms with Crippen LogP contribution in [-0.4, -0.2) is 23.0 Å². The average Bonchev–Trinajstić information content (AvgIpc) is 2.41. The molecule has 0 aliphatic carbocycles. The second kappa shape index (κ2) is 5.59. The predicted molar refractivity (Wildman–Crippen MR) is 63.9 cm³/mol. The van der Waals surface area contributed by atoms with E-state index in [9.17, 15) is 9.18 Å². The Labute approximate surface area is 107 Å². The van der Waals surface area contributed by atoms with Gasteiger partial charge in [0.2, 0.25) is 0 Å². The first-order valence-corrected chi connectivity index (χ1v) is 5.84. The number of hydrogen-bond donors (Lipinski definition) is 0. The molecule has 6 heteroatoms. The Kier molecular flexibility index (Phi) is 3.88. The highest BCUT2D eigenvalue weighted by atomic mass is 32.2. The number of methoxy groups -OCH3 is 1. The van der Waals surface area contributed by atoms with Crippen LogP contribution in [0.2, 0.25) is 0 Å². The van der Waals surface area contributed by atoms with Gasteiger partial charge in [-0.1, -0.05) is 11.8 Å². The molecule has 4 nitrogen and oxygen atoms in total. The number of nitrogens with zero attached hydrogens (tertiary/aromatic N) is 2. The molecule has 18 heavy (non-hydrogen) atoms. The quantitative estimate of drug-likeness (QED) is 0.797. The number of ether oxygens (including phenoxy) is 1. The molecule has 0 N–H and O–H groups in total. The van der Waals surface area contributed by atoms with Crippen molar-refractivity contribution >= 4 is 17.7 Å². The molecule has 0 fully saturated rings. The maximum absolute atomic E-state index is 12.7. The van der Waals surface area contributed by atoms with Crippen LogP contribution in [-0.2, 0) is 4.74 Å². The second-order valence-corrected chi connectivity index (χ2v) is 4.38. The van der Waals surface area contributed by atoms with Gasteiger partial charge >= 0.3 is 5.97 Å².